The summed E-state index contributed by atoms with van der Waals surface area (Å²) in [5, 5.41) is 18.6. The monoisotopic (exact) mass is 529 g/mol. The highest BCUT2D eigenvalue weighted by Crippen LogP contribution is 2.26. The number of rotatable bonds is 14. The number of ether oxygens (including phenoxy) is 2. The summed E-state index contributed by atoms with van der Waals surface area (Å²) in [5.74, 6) is -0.734. The number of unbranched alkanes of at least 4 members (excludes halogenated alkanes) is 1. The quantitative estimate of drug-likeness (QED) is 0.159. The van der Waals surface area contributed by atoms with Gasteiger partial charge in [0.25, 0.3) is 0 Å². The van der Waals surface area contributed by atoms with Crippen LogP contribution in [0.5, 0.6) is 17.2 Å². The summed E-state index contributed by atoms with van der Waals surface area (Å²) in [6.07, 6.45) is 2.37. The van der Waals surface area contributed by atoms with Crippen LogP contribution in [0.2, 0.25) is 0 Å². The number of nitrogens with zero attached hydrogens (tertiary/aromatic N) is 1. The Labute approximate surface area is 224 Å². The van der Waals surface area contributed by atoms with Gasteiger partial charge in [-0.25, -0.2) is 4.79 Å². The largest absolute Gasteiger partial charge is 0.486 e. The van der Waals surface area contributed by atoms with E-state index in [1.807, 2.05) is 30.3 Å². The summed E-state index contributed by atoms with van der Waals surface area (Å²) in [6, 6.07) is 20.6. The fourth-order valence-electron chi connectivity index (χ4n) is 4.11. The molecule has 0 aliphatic carbocycles. The molecule has 0 aliphatic heterocycles. The summed E-state index contributed by atoms with van der Waals surface area (Å²) < 4.78 is 13.0. The highest BCUT2D eigenvalue weighted by Gasteiger charge is 2.18. The Kier molecular flexibility index (Phi) is 8.73. The van der Waals surface area contributed by atoms with Gasteiger partial charge < -0.3 is 24.3 Å². The van der Waals surface area contributed by atoms with E-state index in [-0.39, 0.29) is 43.1 Å². The van der Waals surface area contributed by atoms with E-state index in [2.05, 4.69) is 0 Å². The van der Waals surface area contributed by atoms with Crippen molar-refractivity contribution in [2.45, 2.75) is 32.2 Å². The first-order valence-corrected chi connectivity index (χ1v) is 12.4. The second kappa shape index (κ2) is 12.6. The predicted octanol–water partition coefficient (Wildman–Crippen LogP) is 5.61. The predicted molar refractivity (Wildman–Crippen MR) is 143 cm³/mol. The van der Waals surface area contributed by atoms with Crippen LogP contribution in [0.25, 0.3) is 10.9 Å². The Balaban J connectivity index is 1.42. The second-order valence-electron chi connectivity index (χ2n) is 8.95. The molecule has 1 heterocycles. The molecule has 4 rings (SSSR count). The van der Waals surface area contributed by atoms with E-state index in [0.29, 0.717) is 46.6 Å². The molecule has 0 amide bonds. The van der Waals surface area contributed by atoms with Crippen molar-refractivity contribution in [3.63, 3.8) is 0 Å². The number of carboxylic acids is 2. The molecule has 0 saturated heterocycles. The molecule has 4 aromatic rings. The molecule has 200 valence electrons. The fourth-order valence-corrected chi connectivity index (χ4v) is 4.11. The van der Waals surface area contributed by atoms with Gasteiger partial charge in [0, 0.05) is 35.5 Å². The van der Waals surface area contributed by atoms with Crippen LogP contribution in [-0.4, -0.2) is 44.9 Å². The molecule has 0 aliphatic rings. The number of fused-ring (bicyclic) bond motifs is 1. The number of Topliss-reactive ketones (excluding diaryl/α,β-unsaturated/α-hetero) is 2. The van der Waals surface area contributed by atoms with Gasteiger partial charge in [-0.2, -0.15) is 0 Å². The Morgan fingerprint density at radius 1 is 0.769 bits per heavy atom. The Morgan fingerprint density at radius 3 is 2.13 bits per heavy atom. The first-order chi connectivity index (χ1) is 18.8. The molecule has 1 aromatic heterocycles. The van der Waals surface area contributed by atoms with Crippen molar-refractivity contribution in [1.82, 2.24) is 4.57 Å². The number of para-hydroxylation sites is 1. The molecule has 9 nitrogen and oxygen atoms in total. The van der Waals surface area contributed by atoms with Crippen LogP contribution in [0.3, 0.4) is 0 Å². The lowest BCUT2D eigenvalue weighted by Crippen LogP contribution is -2.17. The van der Waals surface area contributed by atoms with E-state index in [0.717, 1.165) is 0 Å². The molecular weight excluding hydrogens is 502 g/mol. The molecule has 0 fully saturated rings. The molecule has 0 unspecified atom stereocenters. The summed E-state index contributed by atoms with van der Waals surface area (Å²) in [7, 11) is 0. The van der Waals surface area contributed by atoms with Crippen molar-refractivity contribution in [2.24, 2.45) is 0 Å². The van der Waals surface area contributed by atoms with E-state index < -0.39 is 11.9 Å². The second-order valence-corrected chi connectivity index (χ2v) is 8.95. The maximum absolute atomic E-state index is 12.9. The minimum atomic E-state index is -1.13. The third-order valence-electron chi connectivity index (χ3n) is 6.02. The standard InChI is InChI=1S/C30H27NO8/c32-21(19-38-22-11-13-24(14-12-22)39-23-6-2-1-3-7-23)17-31-18-26(28(33)8-4-5-9-29(34)35)25-16-20(30(36)37)10-15-27(25)31/h1-3,6-7,10-16,18H,4-5,8-9,17,19H2,(H,34,35)(H,36,37). The van der Waals surface area contributed by atoms with Crippen LogP contribution in [0.4, 0.5) is 0 Å². The normalized spacial score (nSPS) is 10.8. The van der Waals surface area contributed by atoms with Crippen LogP contribution in [0, 0.1) is 0 Å². The zero-order valence-electron chi connectivity index (χ0n) is 21.0. The number of hydrogen-bond acceptors (Lipinski definition) is 6. The van der Waals surface area contributed by atoms with Crippen LogP contribution in [-0.2, 0) is 16.1 Å². The SMILES string of the molecule is O=C(O)CCCCC(=O)c1cn(CC(=O)COc2ccc(Oc3ccccc3)cc2)c2ccc(C(=O)O)cc12. The molecular formula is C30H27NO8. The Morgan fingerprint density at radius 2 is 1.44 bits per heavy atom. The van der Waals surface area contributed by atoms with Gasteiger partial charge in [0.2, 0.25) is 0 Å². The number of carbonyl (C=O) groups is 4. The fraction of sp³-hybridized carbons (Fsp3) is 0.200. The zero-order chi connectivity index (χ0) is 27.8. The van der Waals surface area contributed by atoms with Crippen molar-refractivity contribution in [2.75, 3.05) is 6.61 Å². The number of ketones is 2. The van der Waals surface area contributed by atoms with Gasteiger partial charge in [-0.3, -0.25) is 14.4 Å². The molecule has 0 atom stereocenters. The summed E-state index contributed by atoms with van der Waals surface area (Å²) in [5.41, 5.74) is 0.866. The number of aromatic carboxylic acids is 1. The van der Waals surface area contributed by atoms with Gasteiger partial charge in [-0.05, 0) is 67.4 Å². The molecule has 39 heavy (non-hydrogen) atoms. The van der Waals surface area contributed by atoms with Gasteiger partial charge in [0.15, 0.2) is 11.6 Å². The van der Waals surface area contributed by atoms with Gasteiger partial charge in [0.1, 0.15) is 23.9 Å². The van der Waals surface area contributed by atoms with Crippen LogP contribution >= 0.6 is 0 Å². The topological polar surface area (TPSA) is 132 Å². The van der Waals surface area contributed by atoms with E-state index >= 15 is 0 Å². The third kappa shape index (κ3) is 7.32. The van der Waals surface area contributed by atoms with Crippen LogP contribution < -0.4 is 9.47 Å². The van der Waals surface area contributed by atoms with Crippen molar-refractivity contribution < 1.29 is 38.9 Å². The number of aliphatic carboxylic acids is 1. The van der Waals surface area contributed by atoms with Gasteiger partial charge >= 0.3 is 11.9 Å². The highest BCUT2D eigenvalue weighted by atomic mass is 16.5. The lowest BCUT2D eigenvalue weighted by molar-refractivity contribution is -0.137. The molecule has 0 spiro atoms. The third-order valence-corrected chi connectivity index (χ3v) is 6.02. The molecule has 0 bridgehead atoms. The number of benzene rings is 3. The lowest BCUT2D eigenvalue weighted by atomic mass is 10.0. The minimum Gasteiger partial charge on any atom is -0.486 e. The number of carboxylic acid groups (broad SMARTS) is 2. The van der Waals surface area contributed by atoms with Gasteiger partial charge in [0.05, 0.1) is 12.1 Å². The Bertz CT molecular complexity index is 1490. The van der Waals surface area contributed by atoms with Gasteiger partial charge in [-0.1, -0.05) is 18.2 Å². The first-order valence-electron chi connectivity index (χ1n) is 12.4. The first kappa shape index (κ1) is 27.1. The number of hydrogen-bond donors (Lipinski definition) is 2. The van der Waals surface area contributed by atoms with Crippen molar-refractivity contribution in [3.8, 4) is 17.2 Å². The zero-order valence-corrected chi connectivity index (χ0v) is 21.0. The van der Waals surface area contributed by atoms with E-state index in [1.54, 1.807) is 41.1 Å². The summed E-state index contributed by atoms with van der Waals surface area (Å²) >= 11 is 0. The summed E-state index contributed by atoms with van der Waals surface area (Å²) in [6.45, 7) is -0.283. The molecule has 0 saturated carbocycles. The average Bonchev–Trinajstić information content (AvgIpc) is 3.28. The minimum absolute atomic E-state index is 0.0227. The molecule has 2 N–H and O–H groups in total. The maximum atomic E-state index is 12.9. The molecule has 3 aromatic carbocycles. The van der Waals surface area contributed by atoms with Crippen LogP contribution in [0.15, 0.2) is 79.0 Å². The molecule has 9 heteroatoms. The van der Waals surface area contributed by atoms with Crippen molar-refractivity contribution in [3.05, 3.63) is 90.1 Å². The van der Waals surface area contributed by atoms with Crippen molar-refractivity contribution in [1.29, 1.82) is 0 Å². The average molecular weight is 530 g/mol. The maximum Gasteiger partial charge on any atom is 0.335 e. The smallest absolute Gasteiger partial charge is 0.335 e. The Hall–Kier alpha value is -4.92. The van der Waals surface area contributed by atoms with E-state index in [4.69, 9.17) is 14.6 Å². The van der Waals surface area contributed by atoms with Crippen molar-refractivity contribution >= 4 is 34.4 Å². The number of carbonyl (C=O) groups excluding carboxylic acids is 2. The highest BCUT2D eigenvalue weighted by molar-refractivity contribution is 6.09. The van der Waals surface area contributed by atoms with E-state index in [1.165, 1.54) is 12.1 Å². The summed E-state index contributed by atoms with van der Waals surface area (Å²) in [4.78, 5) is 47.9. The molecule has 0 radical (unpaired) electrons. The lowest BCUT2D eigenvalue weighted by Gasteiger charge is -2.09. The van der Waals surface area contributed by atoms with Gasteiger partial charge in [-0.15, -0.1) is 0 Å². The van der Waals surface area contributed by atoms with Crippen LogP contribution in [0.1, 0.15) is 46.4 Å². The van der Waals surface area contributed by atoms with E-state index in [9.17, 15) is 24.3 Å². The number of aromatic nitrogens is 1.